The van der Waals surface area contributed by atoms with Gasteiger partial charge in [0.05, 0.1) is 17.9 Å². The van der Waals surface area contributed by atoms with E-state index in [-0.39, 0.29) is 24.9 Å². The number of rotatable bonds is 14. The Kier molecular flexibility index (Phi) is 12.7. The number of primary amides is 2. The summed E-state index contributed by atoms with van der Waals surface area (Å²) in [6.45, 7) is 3.87. The maximum Gasteiger partial charge on any atom is 0.248 e. The van der Waals surface area contributed by atoms with Gasteiger partial charge in [-0.3, -0.25) is 28.9 Å². The molecular formula is C34H50ClN6O6. The van der Waals surface area contributed by atoms with Crippen LogP contribution in [-0.4, -0.2) is 88.3 Å². The molecule has 2 aliphatic carbocycles. The van der Waals surface area contributed by atoms with Crippen molar-refractivity contribution in [3.05, 3.63) is 41.3 Å². The highest BCUT2D eigenvalue weighted by Crippen LogP contribution is 2.32. The van der Waals surface area contributed by atoms with Crippen molar-refractivity contribution in [2.24, 2.45) is 28.7 Å². The van der Waals surface area contributed by atoms with E-state index in [1.165, 1.54) is 18.7 Å². The van der Waals surface area contributed by atoms with Gasteiger partial charge in [0, 0.05) is 31.2 Å². The molecule has 0 bridgehead atoms. The Bertz CT molecular complexity index is 1280. The Morgan fingerprint density at radius 2 is 1.64 bits per heavy atom. The summed E-state index contributed by atoms with van der Waals surface area (Å²) in [5.41, 5.74) is 10.7. The third kappa shape index (κ3) is 9.67. The van der Waals surface area contributed by atoms with Gasteiger partial charge in [0.1, 0.15) is 12.1 Å². The molecule has 0 spiro atoms. The van der Waals surface area contributed by atoms with Crippen molar-refractivity contribution >= 4 is 41.1 Å². The van der Waals surface area contributed by atoms with Crippen molar-refractivity contribution in [1.82, 2.24) is 20.4 Å². The van der Waals surface area contributed by atoms with E-state index in [0.29, 0.717) is 24.5 Å². The standard InChI is InChI=1S/C34H50ClN6O6/c1-34(2,33(37)47)29(39-27(42)18-22-7-4-3-5-8-22)32(46)41-16-15-40(19-23-11-13-24(35)14-12-23)26(20-41)31(45)38-25(28(43)30(36)44)17-21-9-6-10-21/h11-14,18,21-22,25-26,28-29,43H,3-10,15-17,19-20H2,1-2H3,(H2,36,44)(H2,37,47)(H,38,45)(H,39,42)/t25?,26-,28+,29+/m0/s1. The van der Waals surface area contributed by atoms with Gasteiger partial charge in [-0.1, -0.05) is 62.3 Å². The average molecular weight is 674 g/mol. The smallest absolute Gasteiger partial charge is 0.248 e. The van der Waals surface area contributed by atoms with Gasteiger partial charge in [-0.25, -0.2) is 0 Å². The normalized spacial score (nSPS) is 21.6. The molecule has 7 N–H and O–H groups in total. The minimum absolute atomic E-state index is 0.0609. The molecule has 2 saturated carbocycles. The number of aliphatic hydroxyl groups excluding tert-OH is 1. The fourth-order valence-electron chi connectivity index (χ4n) is 6.70. The van der Waals surface area contributed by atoms with Crippen molar-refractivity contribution in [1.29, 1.82) is 0 Å². The molecule has 13 heteroatoms. The Labute approximate surface area is 282 Å². The van der Waals surface area contributed by atoms with E-state index in [1.54, 1.807) is 18.6 Å². The molecule has 3 aliphatic rings. The molecule has 1 aromatic rings. The first kappa shape index (κ1) is 36.6. The Morgan fingerprint density at radius 1 is 0.979 bits per heavy atom. The first-order valence-electron chi connectivity index (χ1n) is 16.8. The molecule has 1 radical (unpaired) electrons. The van der Waals surface area contributed by atoms with Crippen LogP contribution in [-0.2, 0) is 30.5 Å². The highest BCUT2D eigenvalue weighted by Gasteiger charge is 2.46. The quantitative estimate of drug-likeness (QED) is 0.199. The summed E-state index contributed by atoms with van der Waals surface area (Å²) in [5, 5.41) is 16.8. The van der Waals surface area contributed by atoms with Crippen molar-refractivity contribution in [3.63, 3.8) is 0 Å². The molecule has 1 saturated heterocycles. The van der Waals surface area contributed by atoms with Crippen LogP contribution >= 0.6 is 11.6 Å². The van der Waals surface area contributed by atoms with Gasteiger partial charge in [0.15, 0.2) is 6.10 Å². The third-order valence-electron chi connectivity index (χ3n) is 10.1. The van der Waals surface area contributed by atoms with E-state index in [9.17, 15) is 29.1 Å². The lowest BCUT2D eigenvalue weighted by molar-refractivity contribution is -0.148. The second kappa shape index (κ2) is 16.3. The molecule has 4 atom stereocenters. The molecule has 1 aliphatic heterocycles. The molecule has 47 heavy (non-hydrogen) atoms. The fourth-order valence-corrected chi connectivity index (χ4v) is 6.82. The molecule has 1 aromatic carbocycles. The number of piperazine rings is 1. The summed E-state index contributed by atoms with van der Waals surface area (Å²) in [6, 6.07) is 4.20. The summed E-state index contributed by atoms with van der Waals surface area (Å²) in [6.07, 6.45) is 8.34. The van der Waals surface area contributed by atoms with Gasteiger partial charge in [0.2, 0.25) is 29.5 Å². The summed E-state index contributed by atoms with van der Waals surface area (Å²) < 4.78 is 0. The van der Waals surface area contributed by atoms with E-state index in [4.69, 9.17) is 23.1 Å². The van der Waals surface area contributed by atoms with Crippen molar-refractivity contribution in [2.45, 2.75) is 102 Å². The number of nitrogens with one attached hydrogen (secondary N) is 2. The SMILES string of the molecule is CC(C)(C(N)=O)[C@H](NC(=O)[CH]C1CCCCC1)C(=O)N1CCN(Cc2ccc(Cl)cc2)[C@H](C(=O)NC(CC2CCC2)[C@@H](O)C(N)=O)C1. The maximum absolute atomic E-state index is 14.2. The van der Waals surface area contributed by atoms with E-state index in [2.05, 4.69) is 10.6 Å². The molecule has 12 nitrogen and oxygen atoms in total. The number of nitrogens with two attached hydrogens (primary N) is 2. The van der Waals surface area contributed by atoms with Gasteiger partial charge in [-0.2, -0.15) is 0 Å². The number of carbonyl (C=O) groups excluding carboxylic acids is 5. The summed E-state index contributed by atoms with van der Waals surface area (Å²) in [5.74, 6) is -2.74. The van der Waals surface area contributed by atoms with E-state index >= 15 is 0 Å². The van der Waals surface area contributed by atoms with Crippen LogP contribution in [0.2, 0.25) is 5.02 Å². The lowest BCUT2D eigenvalue weighted by atomic mass is 9.79. The largest absolute Gasteiger partial charge is 0.381 e. The second-order valence-electron chi connectivity index (χ2n) is 14.0. The lowest BCUT2D eigenvalue weighted by Gasteiger charge is -2.44. The van der Waals surface area contributed by atoms with Crippen LogP contribution in [0.1, 0.15) is 77.2 Å². The van der Waals surface area contributed by atoms with Crippen molar-refractivity contribution < 1.29 is 29.1 Å². The van der Waals surface area contributed by atoms with Crippen LogP contribution in [0.4, 0.5) is 0 Å². The van der Waals surface area contributed by atoms with Gasteiger partial charge < -0.3 is 32.1 Å². The molecular weight excluding hydrogens is 624 g/mol. The van der Waals surface area contributed by atoms with Crippen LogP contribution in [0.3, 0.4) is 0 Å². The highest BCUT2D eigenvalue weighted by atomic mass is 35.5. The Balaban J connectivity index is 1.56. The van der Waals surface area contributed by atoms with Gasteiger partial charge in [0.25, 0.3) is 0 Å². The first-order valence-corrected chi connectivity index (χ1v) is 17.1. The molecule has 0 aromatic heterocycles. The Hall–Kier alpha value is -3.22. The predicted octanol–water partition coefficient (Wildman–Crippen LogP) is 1.65. The van der Waals surface area contributed by atoms with Crippen LogP contribution in [0.5, 0.6) is 0 Å². The monoisotopic (exact) mass is 673 g/mol. The number of hydrogen-bond donors (Lipinski definition) is 5. The molecule has 1 unspecified atom stereocenters. The minimum atomic E-state index is -1.57. The van der Waals surface area contributed by atoms with Gasteiger partial charge in [-0.15, -0.1) is 0 Å². The van der Waals surface area contributed by atoms with Crippen LogP contribution < -0.4 is 22.1 Å². The summed E-state index contributed by atoms with van der Waals surface area (Å²) in [4.78, 5) is 69.3. The molecule has 3 fully saturated rings. The molecule has 4 rings (SSSR count). The zero-order valence-corrected chi connectivity index (χ0v) is 28.2. The predicted molar refractivity (Wildman–Crippen MR) is 177 cm³/mol. The Morgan fingerprint density at radius 3 is 2.21 bits per heavy atom. The molecule has 5 amide bonds. The summed E-state index contributed by atoms with van der Waals surface area (Å²) >= 11 is 6.09. The first-order chi connectivity index (χ1) is 22.3. The van der Waals surface area contributed by atoms with Crippen molar-refractivity contribution in [2.75, 3.05) is 19.6 Å². The number of halogens is 1. The maximum atomic E-state index is 14.2. The fraction of sp³-hybridized carbons (Fsp3) is 0.647. The summed E-state index contributed by atoms with van der Waals surface area (Å²) in [7, 11) is 0. The highest BCUT2D eigenvalue weighted by molar-refractivity contribution is 6.30. The third-order valence-corrected chi connectivity index (χ3v) is 10.4. The van der Waals surface area contributed by atoms with E-state index in [1.807, 2.05) is 17.0 Å². The van der Waals surface area contributed by atoms with E-state index in [0.717, 1.165) is 56.9 Å². The number of carbonyl (C=O) groups is 5. The number of amides is 5. The van der Waals surface area contributed by atoms with Crippen LogP contribution in [0.25, 0.3) is 0 Å². The second-order valence-corrected chi connectivity index (χ2v) is 14.4. The molecule has 1 heterocycles. The average Bonchev–Trinajstić information content (AvgIpc) is 3.01. The van der Waals surface area contributed by atoms with Crippen molar-refractivity contribution in [3.8, 4) is 0 Å². The van der Waals surface area contributed by atoms with Gasteiger partial charge >= 0.3 is 0 Å². The van der Waals surface area contributed by atoms with Crippen LogP contribution in [0, 0.1) is 23.7 Å². The topological polar surface area (TPSA) is 188 Å². The number of aliphatic hydroxyl groups is 1. The number of nitrogens with zero attached hydrogens (tertiary/aromatic N) is 2. The molecule has 259 valence electrons. The van der Waals surface area contributed by atoms with E-state index < -0.39 is 59.2 Å². The number of hydrogen-bond acceptors (Lipinski definition) is 7. The zero-order valence-electron chi connectivity index (χ0n) is 27.5. The number of benzene rings is 1. The minimum Gasteiger partial charge on any atom is -0.381 e. The lowest BCUT2D eigenvalue weighted by Crippen LogP contribution is -2.66. The zero-order chi connectivity index (χ0) is 34.3. The van der Waals surface area contributed by atoms with Crippen LogP contribution in [0.15, 0.2) is 24.3 Å². The van der Waals surface area contributed by atoms with Gasteiger partial charge in [-0.05, 0) is 62.6 Å².